The first-order chi connectivity index (χ1) is 9.65. The summed E-state index contributed by atoms with van der Waals surface area (Å²) >= 11 is 1.73. The summed E-state index contributed by atoms with van der Waals surface area (Å²) in [6.07, 6.45) is 0.906. The number of nitrogens with zero attached hydrogens (tertiary/aromatic N) is 2. The van der Waals surface area contributed by atoms with E-state index in [1.54, 1.807) is 16.2 Å². The van der Waals surface area contributed by atoms with Gasteiger partial charge in [-0.1, -0.05) is 0 Å². The van der Waals surface area contributed by atoms with Crippen LogP contribution in [0, 0.1) is 6.92 Å². The van der Waals surface area contributed by atoms with Gasteiger partial charge in [0.15, 0.2) is 5.69 Å². The zero-order chi connectivity index (χ0) is 14.1. The van der Waals surface area contributed by atoms with Crippen LogP contribution in [0.1, 0.15) is 31.5 Å². The number of H-pyrrole nitrogens is 1. The van der Waals surface area contributed by atoms with Crippen LogP contribution in [0.4, 0.5) is 0 Å². The van der Waals surface area contributed by atoms with Gasteiger partial charge in [-0.05, 0) is 19.1 Å². The summed E-state index contributed by atoms with van der Waals surface area (Å²) in [5.41, 5.74) is 2.67. The van der Waals surface area contributed by atoms with Crippen molar-refractivity contribution in [2.75, 3.05) is 13.6 Å². The smallest absolute Gasteiger partial charge is 0.274 e. The molecule has 1 aliphatic rings. The first-order valence-corrected chi connectivity index (χ1v) is 7.54. The minimum Gasteiger partial charge on any atom is -0.335 e. The summed E-state index contributed by atoms with van der Waals surface area (Å²) in [4.78, 5) is 16.7. The normalized spacial score (nSPS) is 13.4. The van der Waals surface area contributed by atoms with E-state index in [-0.39, 0.29) is 18.3 Å². The number of halogens is 1. The first-order valence-electron chi connectivity index (χ1n) is 6.73. The molecule has 0 radical (unpaired) electrons. The van der Waals surface area contributed by atoms with Gasteiger partial charge in [-0.3, -0.25) is 9.89 Å². The third-order valence-corrected chi connectivity index (χ3v) is 4.53. The number of nitrogens with one attached hydrogen (secondary N) is 2. The third kappa shape index (κ3) is 3.28. The molecule has 2 N–H and O–H groups in total. The zero-order valence-corrected chi connectivity index (χ0v) is 13.7. The molecule has 21 heavy (non-hydrogen) atoms. The lowest BCUT2D eigenvalue weighted by Crippen LogP contribution is -2.29. The van der Waals surface area contributed by atoms with Crippen LogP contribution in [0.25, 0.3) is 0 Å². The van der Waals surface area contributed by atoms with Crippen LogP contribution in [0.5, 0.6) is 0 Å². The van der Waals surface area contributed by atoms with E-state index in [4.69, 9.17) is 0 Å². The Bertz CT molecular complexity index is 637. The van der Waals surface area contributed by atoms with Crippen LogP contribution in [-0.2, 0) is 19.5 Å². The fourth-order valence-corrected chi connectivity index (χ4v) is 3.40. The van der Waals surface area contributed by atoms with Crippen molar-refractivity contribution in [1.29, 1.82) is 0 Å². The highest BCUT2D eigenvalue weighted by molar-refractivity contribution is 7.11. The second-order valence-corrected chi connectivity index (χ2v) is 6.50. The number of aryl methyl sites for hydroxylation is 1. The van der Waals surface area contributed by atoms with Crippen LogP contribution in [0.3, 0.4) is 0 Å². The Kier molecular flexibility index (Phi) is 5.03. The number of aromatic amines is 1. The molecule has 5 nitrogen and oxygen atoms in total. The summed E-state index contributed by atoms with van der Waals surface area (Å²) in [5, 5.41) is 10.5. The lowest BCUT2D eigenvalue weighted by molar-refractivity contribution is 0.0779. The number of hydrogen-bond acceptors (Lipinski definition) is 4. The molecule has 0 fully saturated rings. The summed E-state index contributed by atoms with van der Waals surface area (Å²) in [6.45, 7) is 4.37. The monoisotopic (exact) mass is 326 g/mol. The lowest BCUT2D eigenvalue weighted by atomic mass is 10.1. The molecule has 0 saturated heterocycles. The number of rotatable bonds is 3. The zero-order valence-electron chi connectivity index (χ0n) is 12.1. The molecule has 114 valence electrons. The molecular weight excluding hydrogens is 308 g/mol. The molecule has 0 saturated carbocycles. The van der Waals surface area contributed by atoms with Crippen molar-refractivity contribution in [3.8, 4) is 0 Å². The SMILES string of the molecule is Cc1ccc(CN(C)C(=O)c2n[nH]c3c2CNCC3)s1.Cl. The van der Waals surface area contributed by atoms with Crippen molar-refractivity contribution in [3.63, 3.8) is 0 Å². The predicted octanol–water partition coefficient (Wildman–Crippen LogP) is 2.12. The van der Waals surface area contributed by atoms with Crippen molar-refractivity contribution in [1.82, 2.24) is 20.4 Å². The molecule has 0 spiro atoms. The molecule has 2 aromatic heterocycles. The van der Waals surface area contributed by atoms with Gasteiger partial charge < -0.3 is 10.2 Å². The standard InChI is InChI=1S/C14H18N4OS.ClH/c1-9-3-4-10(20-9)8-18(2)14(19)13-11-7-15-6-5-12(11)16-17-13;/h3-4,15H,5-8H2,1-2H3,(H,16,17);1H. The molecule has 0 unspecified atom stereocenters. The first kappa shape index (κ1) is 16.0. The highest BCUT2D eigenvalue weighted by atomic mass is 35.5. The van der Waals surface area contributed by atoms with E-state index in [1.165, 1.54) is 9.75 Å². The van der Waals surface area contributed by atoms with Gasteiger partial charge in [-0.15, -0.1) is 23.7 Å². The van der Waals surface area contributed by atoms with E-state index in [0.29, 0.717) is 12.2 Å². The highest BCUT2D eigenvalue weighted by Crippen LogP contribution is 2.20. The topological polar surface area (TPSA) is 61.0 Å². The second kappa shape index (κ2) is 6.60. The van der Waals surface area contributed by atoms with Gasteiger partial charge in [0.1, 0.15) is 0 Å². The van der Waals surface area contributed by atoms with Crippen molar-refractivity contribution in [2.45, 2.75) is 26.4 Å². The van der Waals surface area contributed by atoms with Crippen LogP contribution in [0.15, 0.2) is 12.1 Å². The fourth-order valence-electron chi connectivity index (χ4n) is 2.46. The number of thiophene rings is 1. The van der Waals surface area contributed by atoms with E-state index < -0.39 is 0 Å². The highest BCUT2D eigenvalue weighted by Gasteiger charge is 2.24. The van der Waals surface area contributed by atoms with Crippen molar-refractivity contribution in [2.24, 2.45) is 0 Å². The van der Waals surface area contributed by atoms with Gasteiger partial charge in [0, 0.05) is 47.6 Å². The molecule has 1 aliphatic heterocycles. The minimum atomic E-state index is -0.0164. The third-order valence-electron chi connectivity index (χ3n) is 3.54. The maximum absolute atomic E-state index is 12.5. The van der Waals surface area contributed by atoms with E-state index >= 15 is 0 Å². The van der Waals surface area contributed by atoms with E-state index in [0.717, 1.165) is 30.8 Å². The van der Waals surface area contributed by atoms with Gasteiger partial charge in [-0.2, -0.15) is 5.10 Å². The number of carbonyl (C=O) groups is 1. The molecule has 3 rings (SSSR count). The summed E-state index contributed by atoms with van der Waals surface area (Å²) < 4.78 is 0. The summed E-state index contributed by atoms with van der Waals surface area (Å²) in [6, 6.07) is 4.16. The molecule has 3 heterocycles. The number of carbonyl (C=O) groups excluding carboxylic acids is 1. The Morgan fingerprint density at radius 1 is 1.48 bits per heavy atom. The van der Waals surface area contributed by atoms with E-state index in [2.05, 4.69) is 34.6 Å². The second-order valence-electron chi connectivity index (χ2n) is 5.13. The van der Waals surface area contributed by atoms with Gasteiger partial charge >= 0.3 is 0 Å². The Hall–Kier alpha value is -1.37. The number of aromatic nitrogens is 2. The quantitative estimate of drug-likeness (QED) is 0.908. The average molecular weight is 327 g/mol. The van der Waals surface area contributed by atoms with Gasteiger partial charge in [0.05, 0.1) is 6.54 Å². The maximum Gasteiger partial charge on any atom is 0.274 e. The molecule has 0 bridgehead atoms. The fraction of sp³-hybridized carbons (Fsp3) is 0.429. The average Bonchev–Trinajstić information content (AvgIpc) is 3.04. The van der Waals surface area contributed by atoms with Gasteiger partial charge in [0.2, 0.25) is 0 Å². The van der Waals surface area contributed by atoms with E-state index in [9.17, 15) is 4.79 Å². The Labute approximate surface area is 134 Å². The van der Waals surface area contributed by atoms with Crippen LogP contribution in [0.2, 0.25) is 0 Å². The number of amides is 1. The van der Waals surface area contributed by atoms with Crippen LogP contribution < -0.4 is 5.32 Å². The Balaban J connectivity index is 0.00000161. The molecule has 2 aromatic rings. The van der Waals surface area contributed by atoms with Crippen molar-refractivity contribution >= 4 is 29.7 Å². The van der Waals surface area contributed by atoms with Crippen LogP contribution in [-0.4, -0.2) is 34.6 Å². The predicted molar refractivity (Wildman–Crippen MR) is 86.1 cm³/mol. The Morgan fingerprint density at radius 2 is 2.29 bits per heavy atom. The van der Waals surface area contributed by atoms with Gasteiger partial charge in [-0.25, -0.2) is 0 Å². The largest absolute Gasteiger partial charge is 0.335 e. The number of fused-ring (bicyclic) bond motifs is 1. The molecule has 1 amide bonds. The van der Waals surface area contributed by atoms with Gasteiger partial charge in [0.25, 0.3) is 5.91 Å². The number of hydrogen-bond donors (Lipinski definition) is 2. The van der Waals surface area contributed by atoms with Crippen molar-refractivity contribution < 1.29 is 4.79 Å². The summed E-state index contributed by atoms with van der Waals surface area (Å²) in [7, 11) is 1.83. The maximum atomic E-state index is 12.5. The lowest BCUT2D eigenvalue weighted by Gasteiger charge is -2.17. The molecule has 7 heteroatoms. The summed E-state index contributed by atoms with van der Waals surface area (Å²) in [5.74, 6) is -0.0164. The van der Waals surface area contributed by atoms with E-state index in [1.807, 2.05) is 7.05 Å². The minimum absolute atomic E-state index is 0. The Morgan fingerprint density at radius 3 is 3.00 bits per heavy atom. The van der Waals surface area contributed by atoms with Crippen LogP contribution >= 0.6 is 23.7 Å². The van der Waals surface area contributed by atoms with Crippen molar-refractivity contribution in [3.05, 3.63) is 38.8 Å². The molecular formula is C14H19ClN4OS. The molecule has 0 aromatic carbocycles. The molecule has 0 aliphatic carbocycles. The molecule has 0 atom stereocenters.